The minimum atomic E-state index is 0.00552. The average molecular weight is 472 g/mol. The van der Waals surface area contributed by atoms with E-state index in [0.29, 0.717) is 35.9 Å². The standard InChI is InChI=1S/C30H37N3O2/c1-19(24-14-23-8-9-26(23)29(34)16-24)35-30-17-25(15-28-27(30)18-33(3)31-28)21-6-4-20(5-7-21)22-10-12-32(2)13-11-22/h4-7,15,17-19,22-24,26H,8-14,16H2,1-3H3/t19-,23-,24+,26?/m1/s1. The van der Waals surface area contributed by atoms with E-state index < -0.39 is 0 Å². The summed E-state index contributed by atoms with van der Waals surface area (Å²) in [6.07, 6.45) is 8.59. The van der Waals surface area contributed by atoms with E-state index in [0.717, 1.165) is 35.1 Å². The van der Waals surface area contributed by atoms with Gasteiger partial charge in [0.25, 0.3) is 0 Å². The van der Waals surface area contributed by atoms with Gasteiger partial charge in [-0.15, -0.1) is 0 Å². The molecule has 2 aliphatic carbocycles. The zero-order valence-corrected chi connectivity index (χ0v) is 21.2. The van der Waals surface area contributed by atoms with Crippen molar-refractivity contribution in [2.75, 3.05) is 20.1 Å². The first-order chi connectivity index (χ1) is 16.9. The van der Waals surface area contributed by atoms with Crippen molar-refractivity contribution in [3.8, 4) is 16.9 Å². The Morgan fingerprint density at radius 2 is 1.77 bits per heavy atom. The van der Waals surface area contributed by atoms with Gasteiger partial charge in [0.1, 0.15) is 11.5 Å². The van der Waals surface area contributed by atoms with Crippen LogP contribution >= 0.6 is 0 Å². The molecule has 3 aromatic rings. The molecule has 35 heavy (non-hydrogen) atoms. The number of rotatable bonds is 5. The Bertz CT molecular complexity index is 1220. The number of aryl methyl sites for hydroxylation is 1. The van der Waals surface area contributed by atoms with Gasteiger partial charge in [0.2, 0.25) is 0 Å². The number of fused-ring (bicyclic) bond motifs is 2. The molecule has 2 saturated carbocycles. The van der Waals surface area contributed by atoms with Crippen LogP contribution in [0, 0.1) is 17.8 Å². The van der Waals surface area contributed by atoms with Gasteiger partial charge in [-0.1, -0.05) is 24.3 Å². The highest BCUT2D eigenvalue weighted by Gasteiger charge is 2.44. The molecule has 6 rings (SSSR count). The van der Waals surface area contributed by atoms with E-state index in [4.69, 9.17) is 9.84 Å². The quantitative estimate of drug-likeness (QED) is 0.470. The normalized spacial score (nSPS) is 26.4. The Morgan fingerprint density at radius 3 is 2.46 bits per heavy atom. The number of likely N-dealkylation sites (tertiary alicyclic amines) is 1. The van der Waals surface area contributed by atoms with Gasteiger partial charge in [-0.3, -0.25) is 9.48 Å². The lowest BCUT2D eigenvalue weighted by Gasteiger charge is -2.43. The van der Waals surface area contributed by atoms with Crippen LogP contribution in [0.25, 0.3) is 22.0 Å². The van der Waals surface area contributed by atoms with Gasteiger partial charge < -0.3 is 9.64 Å². The minimum Gasteiger partial charge on any atom is -0.490 e. The molecule has 3 fully saturated rings. The molecule has 0 amide bonds. The number of aromatic nitrogens is 2. The highest BCUT2D eigenvalue weighted by atomic mass is 16.5. The molecule has 1 unspecified atom stereocenters. The molecule has 0 N–H and O–H groups in total. The predicted octanol–water partition coefficient (Wildman–Crippen LogP) is 5.82. The number of hydrogen-bond donors (Lipinski definition) is 0. The topological polar surface area (TPSA) is 47.4 Å². The largest absolute Gasteiger partial charge is 0.490 e. The average Bonchev–Trinajstić information content (AvgIpc) is 3.21. The first kappa shape index (κ1) is 22.8. The van der Waals surface area contributed by atoms with Crippen molar-refractivity contribution in [1.82, 2.24) is 14.7 Å². The summed E-state index contributed by atoms with van der Waals surface area (Å²) < 4.78 is 8.48. The van der Waals surface area contributed by atoms with E-state index >= 15 is 0 Å². The van der Waals surface area contributed by atoms with E-state index in [-0.39, 0.29) is 6.10 Å². The van der Waals surface area contributed by atoms with E-state index in [9.17, 15) is 4.79 Å². The second kappa shape index (κ2) is 9.09. The Hall–Kier alpha value is -2.66. The lowest BCUT2D eigenvalue weighted by molar-refractivity contribution is -0.135. The first-order valence-corrected chi connectivity index (χ1v) is 13.4. The number of carbonyl (C=O) groups excluding carboxylic acids is 1. The van der Waals surface area contributed by atoms with Crippen LogP contribution in [0.2, 0.25) is 0 Å². The molecule has 0 spiro atoms. The smallest absolute Gasteiger partial charge is 0.136 e. The van der Waals surface area contributed by atoms with E-state index in [2.05, 4.69) is 55.3 Å². The fourth-order valence-electron chi connectivity index (χ4n) is 6.57. The SMILES string of the molecule is C[C@@H](Oc1cc(-c2ccc(C3CCN(C)CC3)cc2)cc2nn(C)cc12)[C@@H]1CC(=O)C2CC[C@@H]2C1. The lowest BCUT2D eigenvalue weighted by atomic mass is 9.61. The number of ketones is 1. The third-order valence-electron chi connectivity index (χ3n) is 9.01. The van der Waals surface area contributed by atoms with Crippen LogP contribution in [0.15, 0.2) is 42.6 Å². The third-order valence-corrected chi connectivity index (χ3v) is 9.01. The Balaban J connectivity index is 1.25. The third kappa shape index (κ3) is 4.40. The van der Waals surface area contributed by atoms with Gasteiger partial charge >= 0.3 is 0 Å². The Morgan fingerprint density at radius 1 is 1.00 bits per heavy atom. The molecular formula is C30H37N3O2. The van der Waals surface area contributed by atoms with Crippen molar-refractivity contribution in [1.29, 1.82) is 0 Å². The molecule has 5 heteroatoms. The molecule has 1 saturated heterocycles. The van der Waals surface area contributed by atoms with Crippen LogP contribution < -0.4 is 4.74 Å². The molecular weight excluding hydrogens is 434 g/mol. The van der Waals surface area contributed by atoms with Gasteiger partial charge in [0.15, 0.2) is 0 Å². The van der Waals surface area contributed by atoms with Gasteiger partial charge in [-0.2, -0.15) is 5.10 Å². The summed E-state index contributed by atoms with van der Waals surface area (Å²) in [6, 6.07) is 13.4. The molecule has 1 aliphatic heterocycles. The van der Waals surface area contributed by atoms with E-state index in [1.807, 2.05) is 17.9 Å². The maximum absolute atomic E-state index is 12.6. The maximum atomic E-state index is 12.6. The zero-order valence-electron chi connectivity index (χ0n) is 21.2. The molecule has 0 radical (unpaired) electrons. The number of hydrogen-bond acceptors (Lipinski definition) is 4. The fraction of sp³-hybridized carbons (Fsp3) is 0.533. The van der Waals surface area contributed by atoms with Gasteiger partial charge in [-0.25, -0.2) is 0 Å². The van der Waals surface area contributed by atoms with Crippen LogP contribution in [-0.2, 0) is 11.8 Å². The fourth-order valence-corrected chi connectivity index (χ4v) is 6.57. The highest BCUT2D eigenvalue weighted by Crippen LogP contribution is 2.46. The van der Waals surface area contributed by atoms with Crippen molar-refractivity contribution >= 4 is 16.7 Å². The number of ether oxygens (including phenoxy) is 1. The first-order valence-electron chi connectivity index (χ1n) is 13.4. The highest BCUT2D eigenvalue weighted by molar-refractivity contribution is 5.90. The Kier molecular flexibility index (Phi) is 5.92. The van der Waals surface area contributed by atoms with Crippen LogP contribution in [0.4, 0.5) is 0 Å². The van der Waals surface area contributed by atoms with Crippen molar-refractivity contribution in [3.05, 3.63) is 48.2 Å². The van der Waals surface area contributed by atoms with Gasteiger partial charge in [0.05, 0.1) is 17.0 Å². The van der Waals surface area contributed by atoms with Gasteiger partial charge in [0, 0.05) is 31.5 Å². The van der Waals surface area contributed by atoms with Crippen molar-refractivity contribution < 1.29 is 9.53 Å². The van der Waals surface area contributed by atoms with E-state index in [1.165, 1.54) is 43.5 Å². The second-order valence-electron chi connectivity index (χ2n) is 11.3. The van der Waals surface area contributed by atoms with E-state index in [1.54, 1.807) is 0 Å². The summed E-state index contributed by atoms with van der Waals surface area (Å²) in [7, 11) is 4.17. The summed E-state index contributed by atoms with van der Waals surface area (Å²) in [5.74, 6) is 3.21. The van der Waals surface area contributed by atoms with Crippen LogP contribution in [-0.4, -0.2) is 46.7 Å². The monoisotopic (exact) mass is 471 g/mol. The molecule has 3 aliphatic rings. The summed E-state index contributed by atoms with van der Waals surface area (Å²) in [5, 5.41) is 5.74. The second-order valence-corrected chi connectivity index (χ2v) is 11.3. The molecule has 2 aromatic carbocycles. The number of nitrogens with zero attached hydrogens (tertiary/aromatic N) is 3. The number of carbonyl (C=O) groups is 1. The maximum Gasteiger partial charge on any atom is 0.136 e. The summed E-state index contributed by atoms with van der Waals surface area (Å²) in [4.78, 5) is 15.0. The number of Topliss-reactive ketones (excluding diaryl/α,β-unsaturated/α-hetero) is 1. The predicted molar refractivity (Wildman–Crippen MR) is 140 cm³/mol. The molecule has 1 aromatic heterocycles. The number of benzene rings is 2. The lowest BCUT2D eigenvalue weighted by Crippen LogP contribution is -2.43. The molecule has 2 heterocycles. The number of piperidine rings is 1. The molecule has 184 valence electrons. The van der Waals surface area contributed by atoms with Crippen LogP contribution in [0.3, 0.4) is 0 Å². The van der Waals surface area contributed by atoms with Crippen molar-refractivity contribution in [3.63, 3.8) is 0 Å². The van der Waals surface area contributed by atoms with Crippen LogP contribution in [0.1, 0.15) is 56.9 Å². The van der Waals surface area contributed by atoms with Crippen molar-refractivity contribution in [2.45, 2.75) is 57.5 Å². The van der Waals surface area contributed by atoms with Crippen molar-refractivity contribution in [2.24, 2.45) is 24.8 Å². The Labute approximate surface area is 208 Å². The summed E-state index contributed by atoms with van der Waals surface area (Å²) >= 11 is 0. The summed E-state index contributed by atoms with van der Waals surface area (Å²) in [6.45, 7) is 4.49. The minimum absolute atomic E-state index is 0.00552. The van der Waals surface area contributed by atoms with Gasteiger partial charge in [-0.05, 0) is 99.8 Å². The molecule has 5 nitrogen and oxygen atoms in total. The summed E-state index contributed by atoms with van der Waals surface area (Å²) in [5.41, 5.74) is 4.72. The zero-order chi connectivity index (χ0) is 24.1. The van der Waals surface area contributed by atoms with Crippen LogP contribution in [0.5, 0.6) is 5.75 Å². The molecule has 4 atom stereocenters. The molecule has 0 bridgehead atoms.